The number of nitrogens with one attached hydrogen (secondary N) is 6. The zero-order chi connectivity index (χ0) is 53.6. The van der Waals surface area contributed by atoms with Crippen molar-refractivity contribution in [2.24, 2.45) is 11.8 Å². The number of benzene rings is 2. The van der Waals surface area contributed by atoms with Gasteiger partial charge in [0.1, 0.15) is 35.6 Å². The van der Waals surface area contributed by atoms with Gasteiger partial charge in [-0.25, -0.2) is 9.36 Å². The number of amides is 6. The highest BCUT2D eigenvalue weighted by molar-refractivity contribution is 5.95. The van der Waals surface area contributed by atoms with Crippen molar-refractivity contribution in [3.63, 3.8) is 0 Å². The number of nitrogens with zero attached hydrogens (tertiary/aromatic N) is 8. The molecular weight excluding hydrogens is 965 g/mol. The molecule has 9 rings (SSSR count). The summed E-state index contributed by atoms with van der Waals surface area (Å²) in [6.45, 7) is 9.27. The van der Waals surface area contributed by atoms with E-state index in [1.54, 1.807) is 37.7 Å². The molecule has 20 heteroatoms. The first-order valence-corrected chi connectivity index (χ1v) is 27.9. The van der Waals surface area contributed by atoms with Gasteiger partial charge in [-0.15, -0.1) is 10.2 Å². The van der Waals surface area contributed by atoms with Gasteiger partial charge in [-0.3, -0.25) is 28.8 Å². The van der Waals surface area contributed by atoms with Gasteiger partial charge in [0.15, 0.2) is 0 Å². The van der Waals surface area contributed by atoms with E-state index in [9.17, 15) is 28.8 Å². The molecule has 408 valence electrons. The van der Waals surface area contributed by atoms with E-state index in [-0.39, 0.29) is 59.4 Å². The van der Waals surface area contributed by atoms with Crippen molar-refractivity contribution in [1.82, 2.24) is 71.7 Å². The molecule has 2 aromatic heterocycles. The van der Waals surface area contributed by atoms with Crippen LogP contribution in [-0.2, 0) is 67.5 Å². The molecule has 6 N–H and O–H groups in total. The van der Waals surface area contributed by atoms with Gasteiger partial charge in [-0.1, -0.05) is 72.8 Å². The third kappa shape index (κ3) is 11.6. The predicted octanol–water partition coefficient (Wildman–Crippen LogP) is 3.24. The molecule has 2 fully saturated rings. The summed E-state index contributed by atoms with van der Waals surface area (Å²) in [7, 11) is 3.39. The Hall–Kier alpha value is -6.54. The van der Waals surface area contributed by atoms with Crippen molar-refractivity contribution in [1.29, 1.82) is 0 Å². The first-order chi connectivity index (χ1) is 36.8. The number of likely N-dealkylation sites (tertiary alicyclic amines) is 2. The van der Waals surface area contributed by atoms with E-state index in [0.29, 0.717) is 88.9 Å². The highest BCUT2D eigenvalue weighted by Gasteiger charge is 2.43. The average Bonchev–Trinajstić information content (AvgIpc) is 4.32. The maximum absolute atomic E-state index is 14.8. The fourth-order valence-corrected chi connectivity index (χ4v) is 12.1. The quantitative estimate of drug-likeness (QED) is 0.0748. The largest absolute Gasteiger partial charge is 0.347 e. The molecule has 76 heavy (non-hydrogen) atoms. The van der Waals surface area contributed by atoms with E-state index in [1.165, 1.54) is 11.1 Å². The van der Waals surface area contributed by atoms with E-state index < -0.39 is 36.3 Å². The van der Waals surface area contributed by atoms with Crippen molar-refractivity contribution < 1.29 is 28.8 Å². The third-order valence-corrected chi connectivity index (χ3v) is 17.0. The summed E-state index contributed by atoms with van der Waals surface area (Å²) < 4.78 is 3.72. The second kappa shape index (κ2) is 24.2. The second-order valence-corrected chi connectivity index (χ2v) is 21.9. The summed E-state index contributed by atoms with van der Waals surface area (Å²) >= 11 is 0. The maximum Gasteiger partial charge on any atom is 0.246 e. The van der Waals surface area contributed by atoms with E-state index >= 15 is 0 Å². The van der Waals surface area contributed by atoms with Crippen LogP contribution in [0, 0.1) is 11.8 Å². The number of fused-ring (bicyclic) bond motifs is 5. The molecule has 0 spiro atoms. The Morgan fingerprint density at radius 3 is 1.37 bits per heavy atom. The van der Waals surface area contributed by atoms with Crippen LogP contribution in [-0.4, -0.2) is 139 Å². The van der Waals surface area contributed by atoms with E-state index in [4.69, 9.17) is 0 Å². The highest BCUT2D eigenvalue weighted by Crippen LogP contribution is 2.35. The Morgan fingerprint density at radius 2 is 0.961 bits per heavy atom. The maximum atomic E-state index is 14.8. The lowest BCUT2D eigenvalue weighted by molar-refractivity contribution is -0.143. The van der Waals surface area contributed by atoms with Crippen LogP contribution >= 0.6 is 0 Å². The first-order valence-electron chi connectivity index (χ1n) is 27.9. The van der Waals surface area contributed by atoms with Crippen LogP contribution in [0.1, 0.15) is 138 Å². The first kappa shape index (κ1) is 54.3. The summed E-state index contributed by atoms with van der Waals surface area (Å²) in [5.41, 5.74) is 7.70. The minimum absolute atomic E-state index is 0.119. The van der Waals surface area contributed by atoms with Gasteiger partial charge in [0, 0.05) is 13.1 Å². The number of likely N-dealkylation sites (N-methyl/N-ethyl adjacent to an activating group) is 2. The van der Waals surface area contributed by atoms with Crippen LogP contribution in [0.3, 0.4) is 0 Å². The number of aromatic nitrogens is 6. The average molecular weight is 1040 g/mol. The Labute approximate surface area is 446 Å². The molecule has 2 aromatic carbocycles. The monoisotopic (exact) mass is 1040 g/mol. The number of hydrogen-bond donors (Lipinski definition) is 6. The molecular formula is C56H78N14O6. The minimum Gasteiger partial charge on any atom is -0.347 e. The van der Waals surface area contributed by atoms with Crippen molar-refractivity contribution in [3.8, 4) is 11.4 Å². The zero-order valence-electron chi connectivity index (χ0n) is 45.1. The Balaban J connectivity index is 0.885. The van der Waals surface area contributed by atoms with Crippen molar-refractivity contribution in [2.75, 3.05) is 27.2 Å². The lowest BCUT2D eigenvalue weighted by atomic mass is 9.87. The van der Waals surface area contributed by atoms with Gasteiger partial charge in [-0.2, -0.15) is 0 Å². The molecule has 6 amide bonds. The minimum atomic E-state index is -0.908. The fourth-order valence-electron chi connectivity index (χ4n) is 12.1. The number of carbonyl (C=O) groups is 6. The van der Waals surface area contributed by atoms with E-state index in [2.05, 4.69) is 76.8 Å². The van der Waals surface area contributed by atoms with Gasteiger partial charge in [0.25, 0.3) is 0 Å². The molecule has 4 aromatic rings. The molecule has 10 atom stereocenters. The normalized spacial score (nSPS) is 22.1. The van der Waals surface area contributed by atoms with Gasteiger partial charge >= 0.3 is 0 Å². The topological polar surface area (TPSA) is 242 Å². The lowest BCUT2D eigenvalue weighted by Gasteiger charge is -2.33. The van der Waals surface area contributed by atoms with E-state index in [0.717, 1.165) is 61.0 Å². The summed E-state index contributed by atoms with van der Waals surface area (Å²) in [4.78, 5) is 88.0. The highest BCUT2D eigenvalue weighted by atomic mass is 16.2. The van der Waals surface area contributed by atoms with Gasteiger partial charge in [0.2, 0.25) is 35.4 Å². The molecule has 2 aliphatic carbocycles. The summed E-state index contributed by atoms with van der Waals surface area (Å²) in [5.74, 6) is -2.25. The molecule has 20 nitrogen and oxygen atoms in total. The number of carbonyl (C=O) groups excluding carboxylic acids is 6. The number of rotatable bonds is 20. The van der Waals surface area contributed by atoms with Crippen molar-refractivity contribution in [2.45, 2.75) is 179 Å². The van der Waals surface area contributed by atoms with Crippen LogP contribution in [0.15, 0.2) is 48.5 Å². The van der Waals surface area contributed by atoms with Crippen LogP contribution in [0.4, 0.5) is 0 Å². The van der Waals surface area contributed by atoms with Crippen LogP contribution < -0.4 is 31.9 Å². The molecule has 0 saturated carbocycles. The van der Waals surface area contributed by atoms with Gasteiger partial charge in [0.05, 0.1) is 48.6 Å². The van der Waals surface area contributed by atoms with Gasteiger partial charge < -0.3 is 41.7 Å². The summed E-state index contributed by atoms with van der Waals surface area (Å²) in [6.07, 6.45) is 9.78. The van der Waals surface area contributed by atoms with Crippen molar-refractivity contribution in [3.05, 3.63) is 82.2 Å². The van der Waals surface area contributed by atoms with Crippen LogP contribution in [0.5, 0.6) is 0 Å². The lowest BCUT2D eigenvalue weighted by Crippen LogP contribution is -2.57. The molecule has 0 radical (unpaired) electrons. The fraction of sp³-hybridized carbons (Fsp3) is 0.607. The summed E-state index contributed by atoms with van der Waals surface area (Å²) in [5, 5.41) is 37.1. The number of aryl methyl sites for hydroxylation is 6. The Bertz CT molecular complexity index is 2570. The summed E-state index contributed by atoms with van der Waals surface area (Å²) in [6, 6.07) is 12.0. The third-order valence-electron chi connectivity index (χ3n) is 17.0. The predicted molar refractivity (Wildman–Crippen MR) is 285 cm³/mol. The Kier molecular flexibility index (Phi) is 17.3. The molecule has 0 bridgehead atoms. The molecule has 2 saturated heterocycles. The standard InChI is InChI=1S/C56H78N14O6/c1-33(47(61-51(71)35(3)57-5)55(75)67-29-13-23-45(67)53(73)59-41-21-11-17-37-15-7-9-19-39(37)41)25-27-43-49-50-44(64-66-70(50)32-31-69(49)65-63-43)28-26-34(2)48(62-52(72)36(4)58-6)56(76)68-30-14-24-46(68)54(74)60-42-22-12-18-38-16-8-10-20-40(38)42/h7-10,15-16,19-20,33-36,41-42,45-48,57-58H,11-14,17-18,21-32H2,1-6H3,(H,59,73)(H,60,74)(H,61,71)(H,62,72)/t33-,34-,35-,36-,41+,42?,45-,46-,47-,48?/m0/s1. The molecule has 3 aliphatic heterocycles. The van der Waals surface area contributed by atoms with Crippen molar-refractivity contribution >= 4 is 35.4 Å². The Morgan fingerprint density at radius 1 is 0.553 bits per heavy atom. The van der Waals surface area contributed by atoms with Gasteiger partial charge in [-0.05, 0) is 152 Å². The second-order valence-electron chi connectivity index (χ2n) is 21.9. The molecule has 2 unspecified atom stereocenters. The SMILES string of the molecule is CN[C@@H](C)C(=O)NC(C(=O)N1CCC[C@H]1C(=O)NC1CCCc2ccccc21)[C@@H](C)CCc1nnn2c1-c1c(CC[C@H](C)[C@H](NC(=O)[C@H](C)NC)C(=O)N3CCC[C@H]3C(=O)N[C@@H]3CCCc4ccccc43)nnn1CC2. The molecule has 5 aliphatic rings. The van der Waals surface area contributed by atoms with Crippen LogP contribution in [0.25, 0.3) is 11.4 Å². The van der Waals surface area contributed by atoms with E-state index in [1.807, 2.05) is 47.5 Å². The zero-order valence-corrected chi connectivity index (χ0v) is 45.1. The van der Waals surface area contributed by atoms with Crippen LogP contribution in [0.2, 0.25) is 0 Å². The smallest absolute Gasteiger partial charge is 0.246 e. The number of hydrogen-bond acceptors (Lipinski definition) is 12. The molecule has 5 heterocycles.